The van der Waals surface area contributed by atoms with Crippen molar-refractivity contribution >= 4 is 18.3 Å². The summed E-state index contributed by atoms with van der Waals surface area (Å²) in [6.07, 6.45) is 0.719. The molecule has 0 unspecified atom stereocenters. The number of hydrogen-bond donors (Lipinski definition) is 0. The first-order valence-corrected chi connectivity index (χ1v) is 10.6. The fourth-order valence-electron chi connectivity index (χ4n) is 2.16. The summed E-state index contributed by atoms with van der Waals surface area (Å²) in [4.78, 5) is 0. The average molecular weight is 339 g/mol. The van der Waals surface area contributed by atoms with E-state index in [9.17, 15) is 0 Å². The number of benzene rings is 2. The maximum atomic E-state index is 6.78. The number of hydrogen-bond acceptors (Lipinski definition) is 2. The molecule has 0 saturated carbocycles. The SMILES string of the molecule is Cc1ccc(O[PH](Cl)(CC(C)C)Oc2ccc(C)cc2)cc1. The zero-order valence-corrected chi connectivity index (χ0v) is 15.4. The molecule has 0 saturated heterocycles. The molecule has 2 rings (SSSR count). The normalized spacial score (nSPS) is 12.3. The molecule has 0 aliphatic carbocycles. The van der Waals surface area contributed by atoms with Gasteiger partial charge in [0.2, 0.25) is 0 Å². The van der Waals surface area contributed by atoms with Crippen molar-refractivity contribution in [3.63, 3.8) is 0 Å². The van der Waals surface area contributed by atoms with E-state index in [0.717, 1.165) is 17.7 Å². The molecule has 0 atom stereocenters. The molecule has 0 spiro atoms. The summed E-state index contributed by atoms with van der Waals surface area (Å²) in [6, 6.07) is 15.8. The first kappa shape index (κ1) is 17.1. The molecule has 2 nitrogen and oxygen atoms in total. The van der Waals surface area contributed by atoms with E-state index < -0.39 is 7.07 Å². The maximum absolute atomic E-state index is 6.78. The van der Waals surface area contributed by atoms with Gasteiger partial charge in [-0.1, -0.05) is 0 Å². The zero-order chi connectivity index (χ0) is 16.2. The van der Waals surface area contributed by atoms with E-state index >= 15 is 0 Å². The van der Waals surface area contributed by atoms with Gasteiger partial charge in [0.15, 0.2) is 0 Å². The second-order valence-corrected chi connectivity index (χ2v) is 9.95. The van der Waals surface area contributed by atoms with Crippen LogP contribution in [0.15, 0.2) is 48.5 Å². The Kier molecular flexibility index (Phi) is 5.72. The molecule has 0 amide bonds. The first-order valence-electron chi connectivity index (χ1n) is 7.56. The van der Waals surface area contributed by atoms with Crippen LogP contribution in [-0.4, -0.2) is 6.16 Å². The molecule has 0 bridgehead atoms. The Labute approximate surface area is 138 Å². The Balaban J connectivity index is 2.18. The third-order valence-corrected chi connectivity index (χ3v) is 6.55. The quantitative estimate of drug-likeness (QED) is 0.588. The Hall–Kier alpha value is -1.24. The molecular weight excluding hydrogens is 315 g/mol. The third-order valence-electron chi connectivity index (χ3n) is 3.23. The van der Waals surface area contributed by atoms with Gasteiger partial charge in [-0.05, 0) is 0 Å². The van der Waals surface area contributed by atoms with E-state index in [4.69, 9.17) is 20.3 Å². The van der Waals surface area contributed by atoms with Crippen LogP contribution in [0.2, 0.25) is 0 Å². The molecule has 22 heavy (non-hydrogen) atoms. The van der Waals surface area contributed by atoms with Crippen molar-refractivity contribution in [2.45, 2.75) is 27.7 Å². The zero-order valence-electron chi connectivity index (χ0n) is 13.6. The molecule has 2 aromatic carbocycles. The van der Waals surface area contributed by atoms with Crippen LogP contribution in [0.1, 0.15) is 25.0 Å². The van der Waals surface area contributed by atoms with Gasteiger partial charge in [0.05, 0.1) is 0 Å². The van der Waals surface area contributed by atoms with E-state index in [1.54, 1.807) is 0 Å². The molecule has 0 aromatic heterocycles. The van der Waals surface area contributed by atoms with Crippen molar-refractivity contribution < 1.29 is 9.05 Å². The van der Waals surface area contributed by atoms with Crippen molar-refractivity contribution in [1.82, 2.24) is 0 Å². The fourth-order valence-corrected chi connectivity index (χ4v) is 5.78. The second kappa shape index (κ2) is 7.35. The van der Waals surface area contributed by atoms with Crippen LogP contribution in [0.5, 0.6) is 11.5 Å². The summed E-state index contributed by atoms with van der Waals surface area (Å²) in [5, 5.41) is 0. The predicted molar refractivity (Wildman–Crippen MR) is 97.5 cm³/mol. The summed E-state index contributed by atoms with van der Waals surface area (Å²) in [6.45, 7) is 8.35. The van der Waals surface area contributed by atoms with Gasteiger partial charge in [0, 0.05) is 0 Å². The molecule has 0 aliphatic heterocycles. The van der Waals surface area contributed by atoms with Crippen LogP contribution in [-0.2, 0) is 0 Å². The van der Waals surface area contributed by atoms with Gasteiger partial charge < -0.3 is 0 Å². The number of rotatable bonds is 6. The second-order valence-electron chi connectivity index (χ2n) is 6.09. The third kappa shape index (κ3) is 5.19. The number of aryl methyl sites for hydroxylation is 2. The first-order chi connectivity index (χ1) is 10.4. The van der Waals surface area contributed by atoms with E-state index in [0.29, 0.717) is 5.92 Å². The van der Waals surface area contributed by atoms with Gasteiger partial charge in [-0.2, -0.15) is 0 Å². The van der Waals surface area contributed by atoms with Gasteiger partial charge in [-0.25, -0.2) is 0 Å². The Morgan fingerprint density at radius 3 is 1.50 bits per heavy atom. The van der Waals surface area contributed by atoms with Crippen LogP contribution >= 0.6 is 18.3 Å². The molecule has 0 aliphatic rings. The van der Waals surface area contributed by atoms with Gasteiger partial charge in [-0.3, -0.25) is 0 Å². The minimum atomic E-state index is -2.86. The van der Waals surface area contributed by atoms with Gasteiger partial charge in [0.1, 0.15) is 0 Å². The topological polar surface area (TPSA) is 18.5 Å². The monoisotopic (exact) mass is 338 g/mol. The Morgan fingerprint density at radius 1 is 0.818 bits per heavy atom. The van der Waals surface area contributed by atoms with Crippen LogP contribution in [0.3, 0.4) is 0 Å². The van der Waals surface area contributed by atoms with Crippen molar-refractivity contribution in [3.05, 3.63) is 59.7 Å². The van der Waals surface area contributed by atoms with Crippen molar-refractivity contribution in [2.75, 3.05) is 6.16 Å². The molecule has 0 N–H and O–H groups in total. The Bertz CT molecular complexity index is 546. The predicted octanol–water partition coefficient (Wildman–Crippen LogP) is 6.15. The van der Waals surface area contributed by atoms with E-state index in [-0.39, 0.29) is 0 Å². The Morgan fingerprint density at radius 2 is 1.18 bits per heavy atom. The van der Waals surface area contributed by atoms with Crippen molar-refractivity contribution in [1.29, 1.82) is 0 Å². The van der Waals surface area contributed by atoms with Crippen LogP contribution in [0.4, 0.5) is 0 Å². The van der Waals surface area contributed by atoms with Crippen LogP contribution in [0, 0.1) is 19.8 Å². The molecule has 0 radical (unpaired) electrons. The number of halogens is 1. The molecule has 120 valence electrons. The molecule has 0 fully saturated rings. The van der Waals surface area contributed by atoms with E-state index in [1.807, 2.05) is 62.4 Å². The summed E-state index contributed by atoms with van der Waals surface area (Å²) >= 11 is 6.78. The van der Waals surface area contributed by atoms with Gasteiger partial charge in [0.25, 0.3) is 0 Å². The van der Waals surface area contributed by atoms with Crippen LogP contribution < -0.4 is 9.05 Å². The van der Waals surface area contributed by atoms with E-state index in [1.165, 1.54) is 11.1 Å². The molecule has 2 aromatic rings. The summed E-state index contributed by atoms with van der Waals surface area (Å²) in [5.74, 6) is 1.93. The molecule has 4 heteroatoms. The molecule has 0 heterocycles. The molecular formula is C18H24ClO2P. The van der Waals surface area contributed by atoms with Gasteiger partial charge >= 0.3 is 138 Å². The standard InChI is InChI=1S/C18H24ClO2P/c1-14(2)13-22(19,20-17-9-5-15(3)6-10-17)21-18-11-7-16(4)8-12-18/h5-12,14,22H,13H2,1-4H3. The minimum absolute atomic E-state index is 0.403. The van der Waals surface area contributed by atoms with Gasteiger partial charge in [-0.15, -0.1) is 0 Å². The summed E-state index contributed by atoms with van der Waals surface area (Å²) in [5.41, 5.74) is 2.38. The van der Waals surface area contributed by atoms with Crippen LogP contribution in [0.25, 0.3) is 0 Å². The van der Waals surface area contributed by atoms with E-state index in [2.05, 4.69) is 13.8 Å². The van der Waals surface area contributed by atoms with Crippen molar-refractivity contribution in [2.24, 2.45) is 5.92 Å². The summed E-state index contributed by atoms with van der Waals surface area (Å²) < 4.78 is 12.2. The van der Waals surface area contributed by atoms with Crippen molar-refractivity contribution in [3.8, 4) is 11.5 Å². The fraction of sp³-hybridized carbons (Fsp3) is 0.333. The summed E-state index contributed by atoms with van der Waals surface area (Å²) in [7, 11) is -2.86. The average Bonchev–Trinajstić information content (AvgIpc) is 2.43.